The van der Waals surface area contributed by atoms with Crippen molar-refractivity contribution < 1.29 is 19.4 Å². The SMILES string of the molecule is COc1ccc2ncc(=O)n(CCN3CC[C@@H](NC(=O)O)[C@H](OC)C3)c2c1. The van der Waals surface area contributed by atoms with E-state index in [2.05, 4.69) is 15.2 Å². The van der Waals surface area contributed by atoms with E-state index in [0.717, 1.165) is 17.6 Å². The number of amides is 1. The number of carbonyl (C=O) groups is 1. The summed E-state index contributed by atoms with van der Waals surface area (Å²) in [5, 5.41) is 11.4. The van der Waals surface area contributed by atoms with E-state index in [1.807, 2.05) is 18.2 Å². The van der Waals surface area contributed by atoms with Gasteiger partial charge in [0.15, 0.2) is 0 Å². The number of nitrogens with zero attached hydrogens (tertiary/aromatic N) is 3. The molecule has 2 aromatic rings. The lowest BCUT2D eigenvalue weighted by molar-refractivity contribution is 0.00609. The molecule has 2 heterocycles. The summed E-state index contributed by atoms with van der Waals surface area (Å²) in [5.74, 6) is 0.670. The first-order chi connectivity index (χ1) is 13.0. The van der Waals surface area contributed by atoms with E-state index in [0.29, 0.717) is 31.8 Å². The molecule has 2 atom stereocenters. The number of rotatable bonds is 6. The Kier molecular flexibility index (Phi) is 5.92. The lowest BCUT2D eigenvalue weighted by atomic mass is 10.0. The van der Waals surface area contributed by atoms with Gasteiger partial charge in [-0.15, -0.1) is 0 Å². The van der Waals surface area contributed by atoms with Crippen molar-refractivity contribution >= 4 is 17.1 Å². The van der Waals surface area contributed by atoms with Gasteiger partial charge in [0.05, 0.1) is 36.5 Å². The van der Waals surface area contributed by atoms with E-state index in [9.17, 15) is 9.59 Å². The number of hydrogen-bond acceptors (Lipinski definition) is 6. The Morgan fingerprint density at radius 2 is 2.19 bits per heavy atom. The van der Waals surface area contributed by atoms with Crippen molar-refractivity contribution in [1.29, 1.82) is 0 Å². The first-order valence-electron chi connectivity index (χ1n) is 8.80. The highest BCUT2D eigenvalue weighted by atomic mass is 16.5. The Morgan fingerprint density at radius 1 is 1.37 bits per heavy atom. The minimum atomic E-state index is -1.04. The number of fused-ring (bicyclic) bond motifs is 1. The van der Waals surface area contributed by atoms with Crippen molar-refractivity contribution in [2.24, 2.45) is 0 Å². The zero-order valence-corrected chi connectivity index (χ0v) is 15.4. The highest BCUT2D eigenvalue weighted by Gasteiger charge is 2.30. The highest BCUT2D eigenvalue weighted by Crippen LogP contribution is 2.18. The van der Waals surface area contributed by atoms with Crippen LogP contribution < -0.4 is 15.6 Å². The lowest BCUT2D eigenvalue weighted by Crippen LogP contribution is -2.55. The van der Waals surface area contributed by atoms with Crippen molar-refractivity contribution in [1.82, 2.24) is 19.8 Å². The number of methoxy groups -OCH3 is 2. The van der Waals surface area contributed by atoms with Crippen LogP contribution in [0.5, 0.6) is 5.75 Å². The minimum Gasteiger partial charge on any atom is -0.497 e. The molecule has 146 valence electrons. The van der Waals surface area contributed by atoms with E-state index >= 15 is 0 Å². The molecule has 1 aliphatic rings. The van der Waals surface area contributed by atoms with Crippen LogP contribution in [0.3, 0.4) is 0 Å². The quantitative estimate of drug-likeness (QED) is 0.767. The Hall–Kier alpha value is -2.65. The van der Waals surface area contributed by atoms with Gasteiger partial charge in [0, 0.05) is 39.4 Å². The molecular formula is C18H24N4O5. The smallest absolute Gasteiger partial charge is 0.404 e. The maximum absolute atomic E-state index is 12.3. The van der Waals surface area contributed by atoms with Crippen molar-refractivity contribution in [2.45, 2.75) is 25.1 Å². The van der Waals surface area contributed by atoms with Gasteiger partial charge in [0.1, 0.15) is 5.75 Å². The Balaban J connectivity index is 1.72. The van der Waals surface area contributed by atoms with Crippen LogP contribution in [0.15, 0.2) is 29.2 Å². The van der Waals surface area contributed by atoms with Crippen molar-refractivity contribution in [2.75, 3.05) is 33.9 Å². The average Bonchev–Trinajstić information content (AvgIpc) is 2.67. The number of carboxylic acid groups (broad SMARTS) is 1. The van der Waals surface area contributed by atoms with Crippen LogP contribution in [0.1, 0.15) is 6.42 Å². The second kappa shape index (κ2) is 8.36. The zero-order valence-electron chi connectivity index (χ0n) is 15.4. The summed E-state index contributed by atoms with van der Waals surface area (Å²) in [5.41, 5.74) is 1.29. The number of piperidine rings is 1. The molecule has 0 unspecified atom stereocenters. The molecule has 9 nitrogen and oxygen atoms in total. The fourth-order valence-electron chi connectivity index (χ4n) is 3.49. The summed E-state index contributed by atoms with van der Waals surface area (Å²) >= 11 is 0. The van der Waals surface area contributed by atoms with Crippen LogP contribution in [0.4, 0.5) is 4.79 Å². The molecule has 1 amide bonds. The lowest BCUT2D eigenvalue weighted by Gasteiger charge is -2.37. The number of hydrogen-bond donors (Lipinski definition) is 2. The molecule has 27 heavy (non-hydrogen) atoms. The first-order valence-corrected chi connectivity index (χ1v) is 8.80. The summed E-state index contributed by atoms with van der Waals surface area (Å²) < 4.78 is 12.4. The average molecular weight is 376 g/mol. The minimum absolute atomic E-state index is 0.165. The molecule has 1 aromatic carbocycles. The number of aromatic nitrogens is 2. The van der Waals surface area contributed by atoms with Gasteiger partial charge in [-0.3, -0.25) is 9.69 Å². The molecule has 0 spiro atoms. The molecule has 1 fully saturated rings. The van der Waals surface area contributed by atoms with Gasteiger partial charge < -0.3 is 24.5 Å². The molecule has 0 radical (unpaired) electrons. The molecule has 0 bridgehead atoms. The predicted molar refractivity (Wildman–Crippen MR) is 99.4 cm³/mol. The van der Waals surface area contributed by atoms with Gasteiger partial charge in [0.2, 0.25) is 0 Å². The number of ether oxygens (including phenoxy) is 2. The molecule has 1 aromatic heterocycles. The Labute approximate surface area is 156 Å². The van der Waals surface area contributed by atoms with Crippen LogP contribution in [-0.2, 0) is 11.3 Å². The Morgan fingerprint density at radius 3 is 2.89 bits per heavy atom. The zero-order chi connectivity index (χ0) is 19.4. The third-order valence-corrected chi connectivity index (χ3v) is 4.95. The second-order valence-electron chi connectivity index (χ2n) is 6.52. The maximum atomic E-state index is 12.3. The van der Waals surface area contributed by atoms with E-state index in [-0.39, 0.29) is 17.7 Å². The fourth-order valence-corrected chi connectivity index (χ4v) is 3.49. The molecule has 1 saturated heterocycles. The monoisotopic (exact) mass is 376 g/mol. The normalized spacial score (nSPS) is 20.5. The van der Waals surface area contributed by atoms with Gasteiger partial charge >= 0.3 is 6.09 Å². The van der Waals surface area contributed by atoms with Crippen molar-refractivity contribution in [3.8, 4) is 5.75 Å². The molecule has 0 saturated carbocycles. The van der Waals surface area contributed by atoms with Gasteiger partial charge in [0.25, 0.3) is 5.56 Å². The summed E-state index contributed by atoms with van der Waals surface area (Å²) in [6, 6.07) is 5.23. The molecular weight excluding hydrogens is 352 g/mol. The largest absolute Gasteiger partial charge is 0.497 e. The molecule has 3 rings (SSSR count). The molecule has 9 heteroatoms. The van der Waals surface area contributed by atoms with Crippen molar-refractivity contribution in [3.05, 3.63) is 34.7 Å². The summed E-state index contributed by atoms with van der Waals surface area (Å²) in [7, 11) is 3.16. The molecule has 1 aliphatic heterocycles. The fraction of sp³-hybridized carbons (Fsp3) is 0.500. The van der Waals surface area contributed by atoms with Crippen molar-refractivity contribution in [3.63, 3.8) is 0 Å². The van der Waals surface area contributed by atoms with Gasteiger partial charge in [-0.1, -0.05) is 0 Å². The van der Waals surface area contributed by atoms with Gasteiger partial charge in [-0.25, -0.2) is 9.78 Å². The standard InChI is InChI=1S/C18H24N4O5/c1-26-12-3-4-13-15(9-12)22(17(23)10-19-13)8-7-21-6-5-14(20-18(24)25)16(11-21)27-2/h3-4,9-10,14,16,20H,5-8,11H2,1-2H3,(H,24,25)/t14-,16-/m1/s1. The van der Waals surface area contributed by atoms with Crippen LogP contribution in [-0.4, -0.2) is 71.7 Å². The van der Waals surface area contributed by atoms with E-state index in [4.69, 9.17) is 14.6 Å². The third kappa shape index (κ3) is 4.37. The highest BCUT2D eigenvalue weighted by molar-refractivity contribution is 5.76. The molecule has 2 N–H and O–H groups in total. The topological polar surface area (TPSA) is 106 Å². The van der Waals surface area contributed by atoms with Crippen LogP contribution in [0.25, 0.3) is 11.0 Å². The number of nitrogens with one attached hydrogen (secondary N) is 1. The first kappa shape index (κ1) is 19.1. The van der Waals surface area contributed by atoms with Crippen LogP contribution in [0.2, 0.25) is 0 Å². The summed E-state index contributed by atoms with van der Waals surface area (Å²) in [6.07, 6.45) is 0.723. The van der Waals surface area contributed by atoms with Crippen LogP contribution in [0, 0.1) is 0 Å². The Bertz CT molecular complexity index is 868. The second-order valence-corrected chi connectivity index (χ2v) is 6.52. The predicted octanol–water partition coefficient (Wildman–Crippen LogP) is 0.762. The number of benzene rings is 1. The van der Waals surface area contributed by atoms with Gasteiger partial charge in [-0.05, 0) is 18.6 Å². The van der Waals surface area contributed by atoms with Crippen LogP contribution >= 0.6 is 0 Å². The van der Waals surface area contributed by atoms with E-state index in [1.165, 1.54) is 6.20 Å². The maximum Gasteiger partial charge on any atom is 0.404 e. The van der Waals surface area contributed by atoms with E-state index < -0.39 is 6.09 Å². The van der Waals surface area contributed by atoms with Gasteiger partial charge in [-0.2, -0.15) is 0 Å². The molecule has 0 aliphatic carbocycles. The summed E-state index contributed by atoms with van der Waals surface area (Å²) in [6.45, 7) is 2.47. The number of likely N-dealkylation sites (tertiary alicyclic amines) is 1. The summed E-state index contributed by atoms with van der Waals surface area (Å²) in [4.78, 5) is 29.6. The van der Waals surface area contributed by atoms with E-state index in [1.54, 1.807) is 18.8 Å². The third-order valence-electron chi connectivity index (χ3n) is 4.95.